The van der Waals surface area contributed by atoms with E-state index in [1.165, 1.54) is 0 Å². The van der Waals surface area contributed by atoms with Gasteiger partial charge in [0.1, 0.15) is 0 Å². The van der Waals surface area contributed by atoms with Crippen LogP contribution in [0.1, 0.15) is 52.4 Å². The summed E-state index contributed by atoms with van der Waals surface area (Å²) in [5.41, 5.74) is 2.09. The van der Waals surface area contributed by atoms with Crippen molar-refractivity contribution in [3.8, 4) is 0 Å². The van der Waals surface area contributed by atoms with Gasteiger partial charge in [0.05, 0.1) is 22.5 Å². The van der Waals surface area contributed by atoms with Gasteiger partial charge in [0.25, 0.3) is 0 Å². The highest BCUT2D eigenvalue weighted by Crippen LogP contribution is 2.22. The number of aliphatic hydroxyl groups is 1. The standard InChI is InChI=1S/C15H28ClN3O/c1-6-12-14(16)13(19(7-2)18-12)10-17-9-11(20)8-15(3,4)5/h11,17,20H,6-10H2,1-5H3. The molecule has 1 unspecified atom stereocenters. The van der Waals surface area contributed by atoms with Crippen molar-refractivity contribution in [2.24, 2.45) is 5.41 Å². The van der Waals surface area contributed by atoms with Gasteiger partial charge in [-0.25, -0.2) is 0 Å². The summed E-state index contributed by atoms with van der Waals surface area (Å²) in [6.45, 7) is 12.5. The number of nitrogens with zero attached hydrogens (tertiary/aromatic N) is 2. The summed E-state index contributed by atoms with van der Waals surface area (Å²) in [5.74, 6) is 0. The summed E-state index contributed by atoms with van der Waals surface area (Å²) < 4.78 is 1.93. The molecule has 20 heavy (non-hydrogen) atoms. The molecule has 1 heterocycles. The quantitative estimate of drug-likeness (QED) is 0.814. The van der Waals surface area contributed by atoms with E-state index in [1.54, 1.807) is 0 Å². The molecular formula is C15H28ClN3O. The molecule has 1 aromatic heterocycles. The first-order chi connectivity index (χ1) is 9.28. The SMILES string of the molecule is CCc1nn(CC)c(CNCC(O)CC(C)(C)C)c1Cl. The van der Waals surface area contributed by atoms with Crippen LogP contribution in [0, 0.1) is 5.41 Å². The van der Waals surface area contributed by atoms with Gasteiger partial charge >= 0.3 is 0 Å². The van der Waals surface area contributed by atoms with Gasteiger partial charge in [-0.3, -0.25) is 4.68 Å². The second-order valence-electron chi connectivity index (χ2n) is 6.43. The maximum absolute atomic E-state index is 9.99. The molecule has 0 saturated heterocycles. The van der Waals surface area contributed by atoms with Crippen LogP contribution in [0.3, 0.4) is 0 Å². The average Bonchev–Trinajstić information content (AvgIpc) is 2.64. The molecule has 1 rings (SSSR count). The van der Waals surface area contributed by atoms with Crippen molar-refractivity contribution in [2.75, 3.05) is 6.54 Å². The van der Waals surface area contributed by atoms with Crippen LogP contribution in [-0.4, -0.2) is 27.5 Å². The number of aromatic nitrogens is 2. The minimum absolute atomic E-state index is 0.138. The van der Waals surface area contributed by atoms with Crippen molar-refractivity contribution < 1.29 is 5.11 Å². The number of nitrogens with one attached hydrogen (secondary N) is 1. The van der Waals surface area contributed by atoms with Gasteiger partial charge in [-0.1, -0.05) is 39.3 Å². The molecule has 1 aromatic rings. The lowest BCUT2D eigenvalue weighted by molar-refractivity contribution is 0.119. The molecule has 0 aromatic carbocycles. The van der Waals surface area contributed by atoms with Crippen molar-refractivity contribution in [3.05, 3.63) is 16.4 Å². The molecule has 0 fully saturated rings. The lowest BCUT2D eigenvalue weighted by atomic mass is 9.89. The zero-order valence-corrected chi connectivity index (χ0v) is 14.1. The Morgan fingerprint density at radius 1 is 1.35 bits per heavy atom. The van der Waals surface area contributed by atoms with Gasteiger partial charge in [-0.05, 0) is 25.2 Å². The normalized spacial score (nSPS) is 13.8. The van der Waals surface area contributed by atoms with Gasteiger partial charge < -0.3 is 10.4 Å². The number of hydrogen-bond acceptors (Lipinski definition) is 3. The number of aryl methyl sites for hydroxylation is 2. The molecule has 0 amide bonds. The minimum atomic E-state index is -0.336. The van der Waals surface area contributed by atoms with Crippen LogP contribution in [-0.2, 0) is 19.5 Å². The van der Waals surface area contributed by atoms with E-state index in [9.17, 15) is 5.11 Å². The molecule has 0 spiro atoms. The van der Waals surface area contributed by atoms with Gasteiger partial charge in [-0.15, -0.1) is 0 Å². The predicted molar refractivity (Wildman–Crippen MR) is 84.1 cm³/mol. The largest absolute Gasteiger partial charge is 0.392 e. The van der Waals surface area contributed by atoms with E-state index in [4.69, 9.17) is 11.6 Å². The fourth-order valence-corrected chi connectivity index (χ4v) is 2.66. The molecule has 116 valence electrons. The molecule has 0 bridgehead atoms. The van der Waals surface area contributed by atoms with Crippen LogP contribution in [0.15, 0.2) is 0 Å². The number of halogens is 1. The molecular weight excluding hydrogens is 274 g/mol. The first kappa shape index (κ1) is 17.5. The fraction of sp³-hybridized carbons (Fsp3) is 0.800. The topological polar surface area (TPSA) is 50.1 Å². The van der Waals surface area contributed by atoms with E-state index in [2.05, 4.69) is 45.0 Å². The summed E-state index contributed by atoms with van der Waals surface area (Å²) in [5, 5.41) is 18.5. The van der Waals surface area contributed by atoms with Crippen LogP contribution < -0.4 is 5.32 Å². The molecule has 0 saturated carbocycles. The van der Waals surface area contributed by atoms with Crippen LogP contribution in [0.25, 0.3) is 0 Å². The summed E-state index contributed by atoms with van der Waals surface area (Å²) in [6.07, 6.45) is 1.28. The van der Waals surface area contributed by atoms with Crippen LogP contribution in [0.5, 0.6) is 0 Å². The second kappa shape index (κ2) is 7.43. The Hall–Kier alpha value is -0.580. The summed E-state index contributed by atoms with van der Waals surface area (Å²) in [7, 11) is 0. The lowest BCUT2D eigenvalue weighted by Crippen LogP contribution is -2.30. The Morgan fingerprint density at radius 3 is 2.50 bits per heavy atom. The first-order valence-electron chi connectivity index (χ1n) is 7.41. The Morgan fingerprint density at radius 2 is 2.00 bits per heavy atom. The minimum Gasteiger partial charge on any atom is -0.392 e. The maximum atomic E-state index is 9.99. The van der Waals surface area contributed by atoms with Gasteiger partial charge in [-0.2, -0.15) is 5.10 Å². The summed E-state index contributed by atoms with van der Waals surface area (Å²) >= 11 is 6.34. The van der Waals surface area contributed by atoms with Crippen molar-refractivity contribution >= 4 is 11.6 Å². The zero-order valence-electron chi connectivity index (χ0n) is 13.3. The number of rotatable bonds is 7. The third-order valence-corrected chi connectivity index (χ3v) is 3.65. The molecule has 4 nitrogen and oxygen atoms in total. The highest BCUT2D eigenvalue weighted by atomic mass is 35.5. The third-order valence-electron chi connectivity index (χ3n) is 3.21. The number of aliphatic hydroxyl groups excluding tert-OH is 1. The monoisotopic (exact) mass is 301 g/mol. The smallest absolute Gasteiger partial charge is 0.0863 e. The average molecular weight is 302 g/mol. The van der Waals surface area contributed by atoms with E-state index in [1.807, 2.05) is 4.68 Å². The van der Waals surface area contributed by atoms with Crippen LogP contribution >= 0.6 is 11.6 Å². The van der Waals surface area contributed by atoms with Crippen molar-refractivity contribution in [1.82, 2.24) is 15.1 Å². The van der Waals surface area contributed by atoms with Gasteiger partial charge in [0, 0.05) is 19.6 Å². The maximum Gasteiger partial charge on any atom is 0.0863 e. The lowest BCUT2D eigenvalue weighted by Gasteiger charge is -2.22. The summed E-state index contributed by atoms with van der Waals surface area (Å²) in [4.78, 5) is 0. The highest BCUT2D eigenvalue weighted by Gasteiger charge is 2.17. The Bertz CT molecular complexity index is 423. The molecule has 0 aliphatic rings. The van der Waals surface area contributed by atoms with Crippen molar-refractivity contribution in [2.45, 2.75) is 66.7 Å². The molecule has 0 radical (unpaired) electrons. The van der Waals surface area contributed by atoms with E-state index in [0.717, 1.165) is 35.8 Å². The van der Waals surface area contributed by atoms with Crippen molar-refractivity contribution in [1.29, 1.82) is 0 Å². The highest BCUT2D eigenvalue weighted by molar-refractivity contribution is 6.31. The van der Waals surface area contributed by atoms with Crippen molar-refractivity contribution in [3.63, 3.8) is 0 Å². The Kier molecular flexibility index (Phi) is 6.49. The van der Waals surface area contributed by atoms with E-state index < -0.39 is 0 Å². The first-order valence-corrected chi connectivity index (χ1v) is 7.79. The Labute approximate surface area is 127 Å². The van der Waals surface area contributed by atoms with Crippen LogP contribution in [0.4, 0.5) is 0 Å². The van der Waals surface area contributed by atoms with Crippen LogP contribution in [0.2, 0.25) is 5.02 Å². The van der Waals surface area contributed by atoms with Gasteiger partial charge in [0.15, 0.2) is 0 Å². The van der Waals surface area contributed by atoms with E-state index >= 15 is 0 Å². The summed E-state index contributed by atoms with van der Waals surface area (Å²) in [6, 6.07) is 0. The molecule has 5 heteroatoms. The zero-order chi connectivity index (χ0) is 15.3. The number of hydrogen-bond donors (Lipinski definition) is 2. The third kappa shape index (κ3) is 5.08. The van der Waals surface area contributed by atoms with E-state index in [-0.39, 0.29) is 11.5 Å². The molecule has 1 atom stereocenters. The molecule has 0 aliphatic heterocycles. The molecule has 0 aliphatic carbocycles. The van der Waals surface area contributed by atoms with Gasteiger partial charge in [0.2, 0.25) is 0 Å². The predicted octanol–water partition coefficient (Wildman–Crippen LogP) is 3.01. The fourth-order valence-electron chi connectivity index (χ4n) is 2.32. The second-order valence-corrected chi connectivity index (χ2v) is 6.80. The molecule has 2 N–H and O–H groups in total. The van der Waals surface area contributed by atoms with E-state index in [0.29, 0.717) is 13.1 Å². The Balaban J connectivity index is 2.56.